The first-order valence-electron chi connectivity index (χ1n) is 8.88. The molecule has 0 fully saturated rings. The number of nitrogens with zero attached hydrogens (tertiary/aromatic N) is 2. The normalized spacial score (nSPS) is 11.0. The summed E-state index contributed by atoms with van der Waals surface area (Å²) in [6.07, 6.45) is 2.25. The van der Waals surface area contributed by atoms with Crippen molar-refractivity contribution < 1.29 is 9.53 Å². The van der Waals surface area contributed by atoms with Gasteiger partial charge in [0, 0.05) is 17.5 Å². The minimum Gasteiger partial charge on any atom is -0.489 e. The molecule has 0 spiro atoms. The van der Waals surface area contributed by atoms with Gasteiger partial charge in [-0.1, -0.05) is 48.1 Å². The number of rotatable bonds is 7. The Hall–Kier alpha value is -2.24. The predicted octanol–water partition coefficient (Wildman–Crippen LogP) is 5.62. The highest BCUT2D eigenvalue weighted by atomic mass is 35.5. The van der Waals surface area contributed by atoms with Crippen molar-refractivity contribution in [2.75, 3.05) is 0 Å². The zero-order chi connectivity index (χ0) is 19.4. The van der Waals surface area contributed by atoms with E-state index in [-0.39, 0.29) is 6.10 Å². The van der Waals surface area contributed by atoms with Crippen molar-refractivity contribution in [3.63, 3.8) is 0 Å². The predicted molar refractivity (Wildman–Crippen MR) is 111 cm³/mol. The zero-order valence-corrected chi connectivity index (χ0v) is 17.1. The summed E-state index contributed by atoms with van der Waals surface area (Å²) in [5.74, 6) is 0.662. The lowest BCUT2D eigenvalue weighted by atomic mass is 9.97. The molecular formula is C21H21ClN2O2S. The molecule has 27 heavy (non-hydrogen) atoms. The Bertz CT molecular complexity index is 953. The van der Waals surface area contributed by atoms with Crippen molar-refractivity contribution in [3.8, 4) is 26.9 Å². The van der Waals surface area contributed by atoms with E-state index in [0.717, 1.165) is 45.0 Å². The number of aldehydes is 1. The van der Waals surface area contributed by atoms with E-state index >= 15 is 0 Å². The highest BCUT2D eigenvalue weighted by molar-refractivity contribution is 7.17. The average molecular weight is 401 g/mol. The number of hydrogen-bond donors (Lipinski definition) is 0. The molecule has 0 radical (unpaired) electrons. The topological polar surface area (TPSA) is 52.1 Å². The second kappa shape index (κ2) is 8.63. The van der Waals surface area contributed by atoms with E-state index in [4.69, 9.17) is 16.3 Å². The molecule has 0 saturated carbocycles. The van der Waals surface area contributed by atoms with E-state index in [1.165, 1.54) is 11.3 Å². The van der Waals surface area contributed by atoms with Crippen LogP contribution in [0.4, 0.5) is 0 Å². The van der Waals surface area contributed by atoms with Crippen LogP contribution in [0.2, 0.25) is 5.02 Å². The van der Waals surface area contributed by atoms with Crippen LogP contribution in [0, 0.1) is 0 Å². The molecule has 1 aromatic heterocycles. The molecule has 1 heterocycles. The fraction of sp³-hybridized carbons (Fsp3) is 0.286. The van der Waals surface area contributed by atoms with Crippen LogP contribution in [0.3, 0.4) is 0 Å². The molecule has 2 aromatic carbocycles. The lowest BCUT2D eigenvalue weighted by molar-refractivity contribution is -0.107. The van der Waals surface area contributed by atoms with Crippen molar-refractivity contribution >= 4 is 29.2 Å². The second-order valence-corrected chi connectivity index (χ2v) is 7.78. The molecule has 6 heteroatoms. The maximum absolute atomic E-state index is 11.0. The molecule has 0 aliphatic heterocycles. The van der Waals surface area contributed by atoms with Crippen molar-refractivity contribution in [1.82, 2.24) is 10.2 Å². The van der Waals surface area contributed by atoms with Gasteiger partial charge in [0.2, 0.25) is 0 Å². The highest BCUT2D eigenvalue weighted by Crippen LogP contribution is 2.36. The molecular weight excluding hydrogens is 380 g/mol. The molecule has 3 rings (SSSR count). The monoisotopic (exact) mass is 400 g/mol. The van der Waals surface area contributed by atoms with E-state index < -0.39 is 0 Å². The minimum atomic E-state index is 0.0626. The van der Waals surface area contributed by atoms with Crippen LogP contribution >= 0.6 is 22.9 Å². The Labute approximate surface area is 168 Å². The Balaban J connectivity index is 1.95. The number of halogens is 1. The van der Waals surface area contributed by atoms with Crippen molar-refractivity contribution in [2.24, 2.45) is 0 Å². The molecule has 0 unspecified atom stereocenters. The first kappa shape index (κ1) is 19.5. The molecule has 0 amide bonds. The largest absolute Gasteiger partial charge is 0.489 e. The number of carbonyl (C=O) groups excluding carboxylic acids is 1. The third-order valence-electron chi connectivity index (χ3n) is 4.13. The molecule has 0 atom stereocenters. The Morgan fingerprint density at radius 1 is 1.19 bits per heavy atom. The Morgan fingerprint density at radius 2 is 1.96 bits per heavy atom. The smallest absolute Gasteiger partial charge is 0.148 e. The third kappa shape index (κ3) is 4.37. The standard InChI is InChI=1S/C21H21ClN2O2S/c1-4-16-14(10-11-25)6-5-7-17(16)21-24-23-20(27-21)15-8-9-19(18(22)12-15)26-13(2)3/h5-9,11-13H,4,10H2,1-3H3. The highest BCUT2D eigenvalue weighted by Gasteiger charge is 2.15. The van der Waals surface area contributed by atoms with Gasteiger partial charge in [0.25, 0.3) is 0 Å². The van der Waals surface area contributed by atoms with Crippen molar-refractivity contribution in [2.45, 2.75) is 39.7 Å². The number of carbonyl (C=O) groups is 1. The van der Waals surface area contributed by atoms with Gasteiger partial charge in [-0.3, -0.25) is 0 Å². The Morgan fingerprint density at radius 3 is 2.63 bits per heavy atom. The van der Waals surface area contributed by atoms with Gasteiger partial charge in [0.05, 0.1) is 11.1 Å². The third-order valence-corrected chi connectivity index (χ3v) is 5.43. The fourth-order valence-electron chi connectivity index (χ4n) is 2.97. The van der Waals surface area contributed by atoms with E-state index in [9.17, 15) is 4.79 Å². The quantitative estimate of drug-likeness (QED) is 0.483. The first-order valence-corrected chi connectivity index (χ1v) is 10.1. The summed E-state index contributed by atoms with van der Waals surface area (Å²) in [7, 11) is 0. The first-order chi connectivity index (χ1) is 13.0. The lowest BCUT2D eigenvalue weighted by Gasteiger charge is -2.11. The number of aromatic nitrogens is 2. The fourth-order valence-corrected chi connectivity index (χ4v) is 4.08. The maximum Gasteiger partial charge on any atom is 0.148 e. The van der Waals surface area contributed by atoms with Crippen LogP contribution in [0.5, 0.6) is 5.75 Å². The van der Waals surface area contributed by atoms with E-state index in [2.05, 4.69) is 17.1 Å². The Kier molecular flexibility index (Phi) is 6.24. The van der Waals surface area contributed by atoms with Gasteiger partial charge in [-0.25, -0.2) is 0 Å². The van der Waals surface area contributed by atoms with Gasteiger partial charge in [-0.2, -0.15) is 0 Å². The van der Waals surface area contributed by atoms with Crippen LogP contribution in [0.15, 0.2) is 36.4 Å². The summed E-state index contributed by atoms with van der Waals surface area (Å²) in [4.78, 5) is 11.0. The molecule has 4 nitrogen and oxygen atoms in total. The van der Waals surface area contributed by atoms with E-state index in [0.29, 0.717) is 17.2 Å². The van der Waals surface area contributed by atoms with Crippen LogP contribution < -0.4 is 4.74 Å². The van der Waals surface area contributed by atoms with Gasteiger partial charge in [0.15, 0.2) is 0 Å². The van der Waals surface area contributed by atoms with Crippen LogP contribution in [-0.2, 0) is 17.6 Å². The SMILES string of the molecule is CCc1c(CC=O)cccc1-c1nnc(-c2ccc(OC(C)C)c(Cl)c2)s1. The molecule has 0 N–H and O–H groups in total. The number of benzene rings is 2. The average Bonchev–Trinajstić information content (AvgIpc) is 3.13. The van der Waals surface area contributed by atoms with Gasteiger partial charge in [-0.15, -0.1) is 10.2 Å². The second-order valence-electron chi connectivity index (χ2n) is 6.39. The lowest BCUT2D eigenvalue weighted by Crippen LogP contribution is -2.05. The summed E-state index contributed by atoms with van der Waals surface area (Å²) in [5.41, 5.74) is 4.12. The van der Waals surface area contributed by atoms with E-state index in [1.807, 2.05) is 50.2 Å². The van der Waals surface area contributed by atoms with Crippen molar-refractivity contribution in [1.29, 1.82) is 0 Å². The van der Waals surface area contributed by atoms with Gasteiger partial charge < -0.3 is 9.53 Å². The molecule has 140 valence electrons. The summed E-state index contributed by atoms with van der Waals surface area (Å²) >= 11 is 7.86. The molecule has 0 saturated heterocycles. The molecule has 0 bridgehead atoms. The van der Waals surface area contributed by atoms with Gasteiger partial charge in [-0.05, 0) is 49.6 Å². The molecule has 3 aromatic rings. The van der Waals surface area contributed by atoms with Crippen LogP contribution in [-0.4, -0.2) is 22.6 Å². The van der Waals surface area contributed by atoms with E-state index in [1.54, 1.807) is 0 Å². The zero-order valence-electron chi connectivity index (χ0n) is 15.5. The number of ether oxygens (including phenoxy) is 1. The summed E-state index contributed by atoms with van der Waals surface area (Å²) in [6, 6.07) is 11.6. The van der Waals surface area contributed by atoms with Crippen LogP contribution in [0.1, 0.15) is 31.9 Å². The summed E-state index contributed by atoms with van der Waals surface area (Å²) in [5, 5.41) is 10.9. The van der Waals surface area contributed by atoms with Crippen molar-refractivity contribution in [3.05, 3.63) is 52.5 Å². The van der Waals surface area contributed by atoms with Gasteiger partial charge in [0.1, 0.15) is 22.1 Å². The molecule has 0 aliphatic rings. The summed E-state index contributed by atoms with van der Waals surface area (Å²) < 4.78 is 5.68. The van der Waals surface area contributed by atoms with Gasteiger partial charge >= 0.3 is 0 Å². The minimum absolute atomic E-state index is 0.0626. The number of hydrogen-bond acceptors (Lipinski definition) is 5. The van der Waals surface area contributed by atoms with Crippen LogP contribution in [0.25, 0.3) is 21.1 Å². The molecule has 0 aliphatic carbocycles. The maximum atomic E-state index is 11.0. The summed E-state index contributed by atoms with van der Waals surface area (Å²) in [6.45, 7) is 6.01.